The van der Waals surface area contributed by atoms with Gasteiger partial charge in [0.2, 0.25) is 5.91 Å². The summed E-state index contributed by atoms with van der Waals surface area (Å²) in [7, 11) is 0. The van der Waals surface area contributed by atoms with E-state index in [1.807, 2.05) is 36.4 Å². The molecule has 1 amide bonds. The minimum Gasteiger partial charge on any atom is -0.691 e. The summed E-state index contributed by atoms with van der Waals surface area (Å²) in [5.41, 5.74) is 4.38. The third kappa shape index (κ3) is 18.0. The molecule has 2 aromatic carbocycles. The Morgan fingerprint density at radius 2 is 1.59 bits per heavy atom. The summed E-state index contributed by atoms with van der Waals surface area (Å²) in [6.07, 6.45) is -0.762. The Kier molecular flexibility index (Phi) is 25.5. The van der Waals surface area contributed by atoms with Crippen molar-refractivity contribution in [1.82, 2.24) is 10.3 Å². The van der Waals surface area contributed by atoms with Gasteiger partial charge >= 0.3 is 40.9 Å². The molecule has 12 nitrogen and oxygen atoms in total. The topological polar surface area (TPSA) is 176 Å². The molecule has 0 radical (unpaired) electrons. The van der Waals surface area contributed by atoms with Crippen molar-refractivity contribution in [3.05, 3.63) is 76.7 Å². The molecule has 0 heterocycles. The fourth-order valence-corrected chi connectivity index (χ4v) is 2.68. The first-order chi connectivity index (χ1) is 15.0. The van der Waals surface area contributed by atoms with Crippen LogP contribution >= 0.6 is 13.5 Å². The van der Waals surface area contributed by atoms with Gasteiger partial charge < -0.3 is 10.4 Å². The molecule has 4 N–H and O–H groups in total. The van der Waals surface area contributed by atoms with Crippen molar-refractivity contribution >= 4 is 30.8 Å². The monoisotopic (exact) mass is 528 g/mol. The first-order valence-corrected chi connectivity index (χ1v) is 9.85. The average molecular weight is 529 g/mol. The molecule has 0 bridgehead atoms. The average Bonchev–Trinajstić information content (AvgIpc) is 2.76. The van der Waals surface area contributed by atoms with Crippen LogP contribution in [-0.4, -0.2) is 32.8 Å². The van der Waals surface area contributed by atoms with Crippen LogP contribution < -0.4 is 46.1 Å². The first kappa shape index (κ1) is 37.1. The van der Waals surface area contributed by atoms with Gasteiger partial charge in [0, 0.05) is 19.6 Å². The maximum Gasteiger partial charge on any atom is 1.00 e. The second kappa shape index (κ2) is 23.3. The molecule has 186 valence electrons. The van der Waals surface area contributed by atoms with Gasteiger partial charge in [0.15, 0.2) is 5.34 Å². The minimum atomic E-state index is -2.53. The summed E-state index contributed by atoms with van der Waals surface area (Å²) in [5.74, 6) is 4.71. The zero-order valence-electron chi connectivity index (χ0n) is 17.9. The standard InChI is InChI=1S/C18H23N3O2.CH4.HNO6S.Na.H2S/c19-20-18(23)11-17(22)14-21(12-15-7-3-1-4-8-15)13-16-9-5-2-6-10-16;;2-1-5-8(4)7-6-3;;/h1-10,17,22H,11-14,19H2,(H,20,23);1H4;3H;;1H2/q;;;+1;/p-1/t17-;;;;/m0..../s1. The molecular weight excluding hydrogens is 499 g/mol. The van der Waals surface area contributed by atoms with Crippen LogP contribution in [0.2, 0.25) is 0 Å². The molecule has 0 saturated carbocycles. The third-order valence-corrected chi connectivity index (χ3v) is 4.07. The van der Waals surface area contributed by atoms with Gasteiger partial charge in [-0.1, -0.05) is 68.1 Å². The van der Waals surface area contributed by atoms with Crippen molar-refractivity contribution in [2.24, 2.45) is 11.2 Å². The Hall–Kier alpha value is -1.43. The molecule has 2 rings (SSSR count). The van der Waals surface area contributed by atoms with Crippen molar-refractivity contribution in [3.63, 3.8) is 0 Å². The van der Waals surface area contributed by atoms with Crippen LogP contribution in [0.3, 0.4) is 0 Å². The number of hydrogen-bond acceptors (Lipinski definition) is 11. The molecule has 0 aromatic heterocycles. The Labute approximate surface area is 230 Å². The zero-order valence-corrected chi connectivity index (χ0v) is 21.7. The predicted molar refractivity (Wildman–Crippen MR) is 124 cm³/mol. The van der Waals surface area contributed by atoms with Crippen LogP contribution in [0.5, 0.6) is 0 Å². The number of rotatable bonds is 12. The van der Waals surface area contributed by atoms with E-state index in [1.165, 1.54) is 11.1 Å². The molecule has 34 heavy (non-hydrogen) atoms. The summed E-state index contributed by atoms with van der Waals surface area (Å²) in [6, 6.07) is 20.1. The molecule has 0 spiro atoms. The number of aliphatic hydroxyl groups excluding tert-OH is 1. The van der Waals surface area contributed by atoms with E-state index >= 15 is 0 Å². The zero-order chi connectivity index (χ0) is 22.9. The Morgan fingerprint density at radius 1 is 1.12 bits per heavy atom. The Balaban J connectivity index is -0.000000760. The molecule has 0 saturated heterocycles. The van der Waals surface area contributed by atoms with E-state index in [0.29, 0.717) is 19.6 Å². The fourth-order valence-electron chi connectivity index (χ4n) is 2.56. The third-order valence-electron chi connectivity index (χ3n) is 3.72. The van der Waals surface area contributed by atoms with Crippen molar-refractivity contribution in [1.29, 1.82) is 0 Å². The Bertz CT molecular complexity index is 755. The van der Waals surface area contributed by atoms with E-state index in [0.717, 1.165) is 0 Å². The molecular formula is C19H29N4NaO8S2. The van der Waals surface area contributed by atoms with Crippen molar-refractivity contribution in [2.45, 2.75) is 33.0 Å². The number of amides is 1. The van der Waals surface area contributed by atoms with Crippen molar-refractivity contribution < 1.29 is 62.6 Å². The van der Waals surface area contributed by atoms with Crippen LogP contribution in [0.25, 0.3) is 0 Å². The molecule has 15 heteroatoms. The van der Waals surface area contributed by atoms with Crippen molar-refractivity contribution in [2.75, 3.05) is 6.54 Å². The summed E-state index contributed by atoms with van der Waals surface area (Å²) < 4.78 is 16.2. The van der Waals surface area contributed by atoms with Crippen LogP contribution in [0.1, 0.15) is 25.0 Å². The van der Waals surface area contributed by atoms with E-state index in [9.17, 15) is 14.1 Å². The van der Waals surface area contributed by atoms with Gasteiger partial charge in [-0.3, -0.25) is 20.2 Å². The van der Waals surface area contributed by atoms with E-state index in [4.69, 9.17) is 16.0 Å². The van der Waals surface area contributed by atoms with Gasteiger partial charge in [-0.25, -0.2) is 10.1 Å². The van der Waals surface area contributed by atoms with Gasteiger partial charge in [-0.15, -0.1) is 9.24 Å². The number of hydrogen-bond donors (Lipinski definition) is 3. The molecule has 2 aromatic rings. The largest absolute Gasteiger partial charge is 1.00 e. The number of nitrogens with two attached hydrogens (primary N) is 1. The Morgan fingerprint density at radius 3 is 1.97 bits per heavy atom. The number of nitrogens with one attached hydrogen (secondary N) is 1. The van der Waals surface area contributed by atoms with Gasteiger partial charge in [0.05, 0.1) is 12.5 Å². The minimum absolute atomic E-state index is 0. The molecule has 2 atom stereocenters. The van der Waals surface area contributed by atoms with Crippen LogP contribution in [-0.2, 0) is 42.9 Å². The van der Waals surface area contributed by atoms with Gasteiger partial charge in [0.25, 0.3) is 0 Å². The van der Waals surface area contributed by atoms with Gasteiger partial charge in [-0.2, -0.15) is 17.7 Å². The van der Waals surface area contributed by atoms with Crippen LogP contribution in [0, 0.1) is 4.91 Å². The molecule has 0 aliphatic heterocycles. The van der Waals surface area contributed by atoms with Crippen LogP contribution in [0.15, 0.2) is 66.0 Å². The van der Waals surface area contributed by atoms with Gasteiger partial charge in [-0.05, 0) is 11.1 Å². The smallest absolute Gasteiger partial charge is 0.691 e. The SMILES string of the molecule is C.NNC(=O)C[C@H](O)CN(Cc1ccccc1)Cc1ccccc1.O=NOS(=O)OO[O-].S.[Na+]. The molecule has 0 aliphatic rings. The normalized spacial score (nSPS) is 11.2. The number of nitrogens with zero attached hydrogens (tertiary/aromatic N) is 2. The summed E-state index contributed by atoms with van der Waals surface area (Å²) in [4.78, 5) is 22.4. The number of carbonyl (C=O) groups excluding carboxylic acids is 1. The molecule has 0 fully saturated rings. The summed E-state index contributed by atoms with van der Waals surface area (Å²) in [5, 5.41) is 23.2. The first-order valence-electron chi connectivity index (χ1n) is 8.85. The van der Waals surface area contributed by atoms with E-state index < -0.39 is 17.5 Å². The maximum atomic E-state index is 11.3. The number of aliphatic hydroxyl groups is 1. The second-order valence-corrected chi connectivity index (χ2v) is 6.75. The van der Waals surface area contributed by atoms with E-state index in [1.54, 1.807) is 5.34 Å². The fraction of sp³-hybridized carbons (Fsp3) is 0.316. The van der Waals surface area contributed by atoms with E-state index in [-0.39, 0.29) is 62.8 Å². The van der Waals surface area contributed by atoms with Crippen LogP contribution in [0.4, 0.5) is 0 Å². The molecule has 0 aliphatic carbocycles. The second-order valence-electron chi connectivity index (χ2n) is 6.06. The summed E-state index contributed by atoms with van der Waals surface area (Å²) >= 11 is -2.53. The number of hydrazine groups is 1. The van der Waals surface area contributed by atoms with E-state index in [2.05, 4.69) is 48.2 Å². The van der Waals surface area contributed by atoms with Crippen molar-refractivity contribution in [3.8, 4) is 0 Å². The maximum absolute atomic E-state index is 11.3. The predicted octanol–water partition coefficient (Wildman–Crippen LogP) is -2.33. The molecule has 1 unspecified atom stereocenters. The summed E-state index contributed by atoms with van der Waals surface area (Å²) in [6.45, 7) is 1.81. The van der Waals surface area contributed by atoms with Gasteiger partial charge in [0.1, 0.15) is 0 Å². The number of benzene rings is 2. The number of carbonyl (C=O) groups is 1. The quantitative estimate of drug-likeness (QED) is 0.0676.